The van der Waals surface area contributed by atoms with Gasteiger partial charge in [0.05, 0.1) is 31.1 Å². The number of benzene rings is 1. The van der Waals surface area contributed by atoms with Crippen LogP contribution in [0.2, 0.25) is 0 Å². The highest BCUT2D eigenvalue weighted by molar-refractivity contribution is 7.71. The Hall–Kier alpha value is -1.96. The van der Waals surface area contributed by atoms with E-state index < -0.39 is 0 Å². The molecule has 1 saturated heterocycles. The van der Waals surface area contributed by atoms with Gasteiger partial charge in [0, 0.05) is 5.69 Å². The summed E-state index contributed by atoms with van der Waals surface area (Å²) in [6.07, 6.45) is 0. The zero-order valence-corrected chi connectivity index (χ0v) is 14.9. The highest BCUT2D eigenvalue weighted by Gasteiger charge is 2.21. The van der Waals surface area contributed by atoms with Gasteiger partial charge < -0.3 is 14.2 Å². The number of nitrogens with one attached hydrogen (secondary N) is 1. The number of thiophene rings is 1. The lowest BCUT2D eigenvalue weighted by atomic mass is 10.2. The Bertz CT molecular complexity index is 833. The third kappa shape index (κ3) is 3.28. The average Bonchev–Trinajstić information content (AvgIpc) is 3.27. The first-order valence-electron chi connectivity index (χ1n) is 8.05. The molecule has 0 radical (unpaired) electrons. The van der Waals surface area contributed by atoms with Crippen LogP contribution in [0.5, 0.6) is 0 Å². The normalized spacial score (nSPS) is 15.8. The molecule has 0 spiro atoms. The van der Waals surface area contributed by atoms with E-state index in [-0.39, 0.29) is 0 Å². The van der Waals surface area contributed by atoms with E-state index in [1.54, 1.807) is 11.3 Å². The Morgan fingerprint density at radius 3 is 2.62 bits per heavy atom. The molecule has 0 aliphatic carbocycles. The Kier molecular flexibility index (Phi) is 4.46. The fourth-order valence-electron chi connectivity index (χ4n) is 3.00. The van der Waals surface area contributed by atoms with Crippen molar-refractivity contribution >= 4 is 29.2 Å². The number of para-hydroxylation sites is 1. The topological polar surface area (TPSA) is 38.6 Å². The molecule has 0 atom stereocenters. The summed E-state index contributed by atoms with van der Waals surface area (Å²) in [7, 11) is 0. The van der Waals surface area contributed by atoms with E-state index in [1.807, 2.05) is 22.2 Å². The lowest BCUT2D eigenvalue weighted by molar-refractivity contribution is -0.924. The molecule has 1 fully saturated rings. The Balaban J connectivity index is 1.40. The average molecular weight is 360 g/mol. The van der Waals surface area contributed by atoms with Gasteiger partial charge in [-0.3, -0.25) is 0 Å². The van der Waals surface area contributed by atoms with Gasteiger partial charge in [-0.25, -0.2) is 0 Å². The van der Waals surface area contributed by atoms with Crippen LogP contribution in [-0.4, -0.2) is 36.0 Å². The molecule has 7 heteroatoms. The zero-order valence-electron chi connectivity index (χ0n) is 13.2. The highest BCUT2D eigenvalue weighted by Crippen LogP contribution is 2.22. The number of hydrogen-bond acceptors (Lipinski definition) is 5. The molecule has 0 amide bonds. The summed E-state index contributed by atoms with van der Waals surface area (Å²) in [5, 5.41) is 6.56. The molecule has 1 aliphatic rings. The molecule has 1 aliphatic heterocycles. The molecule has 1 N–H and O–H groups in total. The Morgan fingerprint density at radius 2 is 1.92 bits per heavy atom. The van der Waals surface area contributed by atoms with Crippen LogP contribution in [0.1, 0.15) is 0 Å². The van der Waals surface area contributed by atoms with Gasteiger partial charge in [-0.2, -0.15) is 4.68 Å². The van der Waals surface area contributed by atoms with Crippen LogP contribution in [0.3, 0.4) is 0 Å². The van der Waals surface area contributed by atoms with Crippen molar-refractivity contribution in [3.05, 3.63) is 52.7 Å². The predicted octanol–water partition coefficient (Wildman–Crippen LogP) is 2.30. The summed E-state index contributed by atoms with van der Waals surface area (Å²) >= 11 is 6.94. The number of anilines is 1. The SMILES string of the molecule is S=c1oc(-c2cccs2)nn1C[NH+]1CCN(c2ccccc2)CC1. The van der Waals surface area contributed by atoms with Crippen molar-refractivity contribution in [2.24, 2.45) is 0 Å². The Labute approximate surface area is 149 Å². The smallest absolute Gasteiger partial charge is 0.292 e. The predicted molar refractivity (Wildman–Crippen MR) is 98.0 cm³/mol. The molecule has 4 rings (SSSR count). The zero-order chi connectivity index (χ0) is 16.4. The molecule has 3 aromatic rings. The van der Waals surface area contributed by atoms with Gasteiger partial charge in [-0.05, 0) is 35.8 Å². The summed E-state index contributed by atoms with van der Waals surface area (Å²) in [5.41, 5.74) is 1.30. The van der Waals surface area contributed by atoms with Crippen LogP contribution in [0.15, 0.2) is 52.3 Å². The van der Waals surface area contributed by atoms with Gasteiger partial charge in [-0.15, -0.1) is 16.4 Å². The standard InChI is InChI=1S/C17H18N4OS2/c23-17-21(18-16(22-17)15-7-4-12-24-15)13-19-8-10-20(11-9-19)14-5-2-1-3-6-14/h1-7,12H,8-11,13H2/p+1. The minimum absolute atomic E-state index is 0.455. The van der Waals surface area contributed by atoms with Crippen LogP contribution in [0.25, 0.3) is 10.8 Å². The van der Waals surface area contributed by atoms with Gasteiger partial charge in [0.25, 0.3) is 10.7 Å². The largest absolute Gasteiger partial charge is 0.408 e. The first kappa shape index (κ1) is 15.6. The van der Waals surface area contributed by atoms with Crippen molar-refractivity contribution in [2.75, 3.05) is 31.1 Å². The van der Waals surface area contributed by atoms with Crippen LogP contribution < -0.4 is 9.80 Å². The van der Waals surface area contributed by atoms with Crippen LogP contribution >= 0.6 is 23.6 Å². The molecule has 1 aromatic carbocycles. The lowest BCUT2D eigenvalue weighted by Gasteiger charge is -2.33. The van der Waals surface area contributed by atoms with E-state index in [0.29, 0.717) is 10.7 Å². The van der Waals surface area contributed by atoms with Crippen molar-refractivity contribution in [2.45, 2.75) is 6.67 Å². The van der Waals surface area contributed by atoms with Crippen LogP contribution in [-0.2, 0) is 6.67 Å². The maximum absolute atomic E-state index is 5.64. The van der Waals surface area contributed by atoms with E-state index in [4.69, 9.17) is 16.6 Å². The number of hydrogen-bond donors (Lipinski definition) is 1. The van der Waals surface area contributed by atoms with Gasteiger partial charge in [0.15, 0.2) is 6.67 Å². The van der Waals surface area contributed by atoms with Crippen LogP contribution in [0, 0.1) is 4.84 Å². The number of aromatic nitrogens is 2. The number of nitrogens with zero attached hydrogens (tertiary/aromatic N) is 3. The van der Waals surface area contributed by atoms with Crippen molar-refractivity contribution in [1.29, 1.82) is 0 Å². The first-order valence-corrected chi connectivity index (χ1v) is 9.34. The minimum Gasteiger partial charge on any atom is -0.408 e. The molecule has 2 aromatic heterocycles. The van der Waals surface area contributed by atoms with Crippen LogP contribution in [0.4, 0.5) is 5.69 Å². The van der Waals surface area contributed by atoms with Gasteiger partial charge >= 0.3 is 0 Å². The van der Waals surface area contributed by atoms with Gasteiger partial charge in [-0.1, -0.05) is 24.3 Å². The number of rotatable bonds is 4. The minimum atomic E-state index is 0.455. The molecule has 24 heavy (non-hydrogen) atoms. The monoisotopic (exact) mass is 359 g/mol. The van der Waals surface area contributed by atoms with E-state index >= 15 is 0 Å². The second-order valence-corrected chi connectivity index (χ2v) is 7.18. The summed E-state index contributed by atoms with van der Waals surface area (Å²) in [5.74, 6) is 0.623. The third-order valence-corrected chi connectivity index (χ3v) is 5.46. The summed E-state index contributed by atoms with van der Waals surface area (Å²) in [4.78, 5) is 5.38. The second-order valence-electron chi connectivity index (χ2n) is 5.88. The molecular weight excluding hydrogens is 340 g/mol. The fourth-order valence-corrected chi connectivity index (χ4v) is 3.82. The molecular formula is C17H19N4OS2+. The van der Waals surface area contributed by atoms with E-state index in [1.165, 1.54) is 10.6 Å². The van der Waals surface area contributed by atoms with Crippen molar-refractivity contribution in [3.8, 4) is 10.8 Å². The lowest BCUT2D eigenvalue weighted by Crippen LogP contribution is -3.14. The second kappa shape index (κ2) is 6.88. The van der Waals surface area contributed by atoms with E-state index in [2.05, 4.69) is 40.3 Å². The highest BCUT2D eigenvalue weighted by atomic mass is 32.1. The molecule has 0 bridgehead atoms. The van der Waals surface area contributed by atoms with Crippen molar-refractivity contribution in [3.63, 3.8) is 0 Å². The fraction of sp³-hybridized carbons (Fsp3) is 0.294. The van der Waals surface area contributed by atoms with E-state index in [0.717, 1.165) is 37.7 Å². The summed E-state index contributed by atoms with van der Waals surface area (Å²) < 4.78 is 7.46. The quantitative estimate of drug-likeness (QED) is 0.726. The number of quaternary nitrogens is 1. The van der Waals surface area contributed by atoms with Gasteiger partial charge in [0.1, 0.15) is 0 Å². The maximum Gasteiger partial charge on any atom is 0.292 e. The molecule has 3 heterocycles. The van der Waals surface area contributed by atoms with Crippen molar-refractivity contribution in [1.82, 2.24) is 9.78 Å². The Morgan fingerprint density at radius 1 is 1.12 bits per heavy atom. The first-order chi connectivity index (χ1) is 11.8. The van der Waals surface area contributed by atoms with E-state index in [9.17, 15) is 0 Å². The van der Waals surface area contributed by atoms with Gasteiger partial charge in [0.2, 0.25) is 0 Å². The molecule has 5 nitrogen and oxygen atoms in total. The summed E-state index contributed by atoms with van der Waals surface area (Å²) in [6.45, 7) is 4.98. The number of piperazine rings is 1. The maximum atomic E-state index is 5.64. The summed E-state index contributed by atoms with van der Waals surface area (Å²) in [6, 6.07) is 14.6. The van der Waals surface area contributed by atoms with Crippen molar-refractivity contribution < 1.29 is 9.32 Å². The molecule has 124 valence electrons. The molecule has 0 saturated carbocycles. The molecule has 0 unspecified atom stereocenters. The third-order valence-electron chi connectivity index (χ3n) is 4.30.